The van der Waals surface area contributed by atoms with Crippen molar-refractivity contribution in [2.24, 2.45) is 0 Å². The molecule has 0 aliphatic rings. The molecule has 0 aliphatic carbocycles. The van der Waals surface area contributed by atoms with E-state index in [-0.39, 0.29) is 43.7 Å². The summed E-state index contributed by atoms with van der Waals surface area (Å²) < 4.78 is 29.6. The molecule has 0 radical (unpaired) electrons. The lowest BCUT2D eigenvalue weighted by Crippen LogP contribution is -2.18. The molecule has 0 bridgehead atoms. The molecular weight excluding hydrogens is 365 g/mol. The first-order valence-electron chi connectivity index (χ1n) is 7.93. The van der Waals surface area contributed by atoms with Crippen molar-refractivity contribution in [1.29, 1.82) is 0 Å². The summed E-state index contributed by atoms with van der Waals surface area (Å²) >= 11 is 0. The van der Waals surface area contributed by atoms with Crippen LogP contribution in [0.25, 0.3) is 11.2 Å². The van der Waals surface area contributed by atoms with E-state index < -0.39 is 19.3 Å². The number of H-pyrrole nitrogens is 1. The molecule has 144 valence electrons. The Bertz CT molecular complexity index is 853. The van der Waals surface area contributed by atoms with Crippen molar-refractivity contribution in [1.82, 2.24) is 19.5 Å². The smallest absolute Gasteiger partial charge is 0.353 e. The number of fused-ring (bicyclic) bond motifs is 1. The molecule has 2 rings (SSSR count). The average molecular weight is 387 g/mol. The number of aromatic amines is 1. The molecule has 26 heavy (non-hydrogen) atoms. The van der Waals surface area contributed by atoms with Gasteiger partial charge in [-0.3, -0.25) is 18.9 Å². The maximum Gasteiger partial charge on any atom is 0.353 e. The van der Waals surface area contributed by atoms with E-state index in [4.69, 9.17) is 19.5 Å². The molecule has 0 aromatic carbocycles. The van der Waals surface area contributed by atoms with Gasteiger partial charge in [-0.15, -0.1) is 0 Å². The summed E-state index contributed by atoms with van der Waals surface area (Å²) in [5.41, 5.74) is 5.44. The highest BCUT2D eigenvalue weighted by Crippen LogP contribution is 2.49. The molecule has 0 amide bonds. The number of hydrogen-bond acceptors (Lipinski definition) is 9. The number of nitrogens with zero attached hydrogens (tertiary/aromatic N) is 3. The minimum absolute atomic E-state index is 0.0442. The molecule has 1 atom stereocenters. The van der Waals surface area contributed by atoms with Gasteiger partial charge in [0.1, 0.15) is 12.8 Å². The number of ether oxygens (including phenoxy) is 1. The number of rotatable bonds is 10. The van der Waals surface area contributed by atoms with Crippen LogP contribution in [0, 0.1) is 0 Å². The minimum atomic E-state index is -3.39. The second kappa shape index (κ2) is 9.06. The highest BCUT2D eigenvalue weighted by molar-refractivity contribution is 7.57. The quantitative estimate of drug-likeness (QED) is 0.502. The number of hydrogen-bond donors (Lipinski definition) is 3. The minimum Gasteiger partial charge on any atom is -0.393 e. The third kappa shape index (κ3) is 4.99. The zero-order valence-corrected chi connectivity index (χ0v) is 15.4. The first-order chi connectivity index (χ1) is 12.4. The number of aliphatic hydroxyl groups is 1. The third-order valence-corrected chi connectivity index (χ3v) is 4.98. The second-order valence-electron chi connectivity index (χ2n) is 5.07. The highest BCUT2D eigenvalue weighted by Gasteiger charge is 2.20. The van der Waals surface area contributed by atoms with E-state index in [2.05, 4.69) is 15.0 Å². The monoisotopic (exact) mass is 387 g/mol. The first-order valence-corrected chi connectivity index (χ1v) is 9.54. The van der Waals surface area contributed by atoms with Gasteiger partial charge in [0.25, 0.3) is 5.56 Å². The van der Waals surface area contributed by atoms with Crippen LogP contribution in [0.15, 0.2) is 23.0 Å². The number of anilines is 1. The Morgan fingerprint density at radius 1 is 1.42 bits per heavy atom. The SMILES string of the molecule is CCOP(=O)(/C=C/[C@H](CO)OCn1cnc2c(=O)[nH]c(N)nc21)OCC. The average Bonchev–Trinajstić information content (AvgIpc) is 2.99. The zero-order chi connectivity index (χ0) is 19.2. The summed E-state index contributed by atoms with van der Waals surface area (Å²) in [6, 6.07) is 0. The summed E-state index contributed by atoms with van der Waals surface area (Å²) in [6.45, 7) is 3.41. The highest BCUT2D eigenvalue weighted by atomic mass is 31.2. The predicted molar refractivity (Wildman–Crippen MR) is 94.5 cm³/mol. The Labute approximate surface area is 149 Å². The van der Waals surface area contributed by atoms with Crippen molar-refractivity contribution in [3.8, 4) is 0 Å². The summed E-state index contributed by atoms with van der Waals surface area (Å²) in [5, 5.41) is 9.45. The Morgan fingerprint density at radius 3 is 2.73 bits per heavy atom. The van der Waals surface area contributed by atoms with Gasteiger partial charge in [0, 0.05) is 5.82 Å². The summed E-state index contributed by atoms with van der Waals surface area (Å²) in [6.07, 6.45) is 2.00. The van der Waals surface area contributed by atoms with Crippen LogP contribution in [0.4, 0.5) is 5.95 Å². The van der Waals surface area contributed by atoms with Gasteiger partial charge >= 0.3 is 7.60 Å². The van der Waals surface area contributed by atoms with Crippen molar-refractivity contribution in [2.75, 3.05) is 25.6 Å². The van der Waals surface area contributed by atoms with E-state index in [1.807, 2.05) is 0 Å². The van der Waals surface area contributed by atoms with Crippen LogP contribution in [0.3, 0.4) is 0 Å². The molecule has 0 spiro atoms. The van der Waals surface area contributed by atoms with E-state index >= 15 is 0 Å². The summed E-state index contributed by atoms with van der Waals surface area (Å²) in [5.74, 6) is 1.21. The molecule has 11 nitrogen and oxygen atoms in total. The van der Waals surface area contributed by atoms with Gasteiger partial charge in [0.2, 0.25) is 5.95 Å². The van der Waals surface area contributed by atoms with Gasteiger partial charge in [-0.2, -0.15) is 4.98 Å². The third-order valence-electron chi connectivity index (χ3n) is 3.20. The van der Waals surface area contributed by atoms with Crippen molar-refractivity contribution >= 4 is 24.7 Å². The summed E-state index contributed by atoms with van der Waals surface area (Å²) in [7, 11) is -3.39. The van der Waals surface area contributed by atoms with Crippen molar-refractivity contribution < 1.29 is 23.5 Å². The number of nitrogen functional groups attached to an aromatic ring is 1. The van der Waals surface area contributed by atoms with Gasteiger partial charge in [-0.05, 0) is 19.9 Å². The maximum atomic E-state index is 12.4. The second-order valence-corrected chi connectivity index (χ2v) is 6.97. The molecular formula is C14H22N5O6P. The molecule has 0 unspecified atom stereocenters. The van der Waals surface area contributed by atoms with E-state index in [9.17, 15) is 14.5 Å². The number of aliphatic hydroxyl groups excluding tert-OH is 1. The van der Waals surface area contributed by atoms with Crippen LogP contribution in [-0.2, 0) is 25.1 Å². The Hall–Kier alpha value is -2.04. The zero-order valence-electron chi connectivity index (χ0n) is 14.5. The number of nitrogens with two attached hydrogens (primary N) is 1. The maximum absolute atomic E-state index is 12.4. The molecule has 2 aromatic heterocycles. The van der Waals surface area contributed by atoms with E-state index in [0.29, 0.717) is 0 Å². The topological polar surface area (TPSA) is 155 Å². The molecule has 0 aliphatic heterocycles. The van der Waals surface area contributed by atoms with Crippen molar-refractivity contribution in [2.45, 2.75) is 26.7 Å². The fourth-order valence-corrected chi connectivity index (χ4v) is 3.46. The van der Waals surface area contributed by atoms with Gasteiger partial charge in [0.05, 0.1) is 26.1 Å². The lowest BCUT2D eigenvalue weighted by Gasteiger charge is -2.15. The molecule has 2 heterocycles. The van der Waals surface area contributed by atoms with E-state index in [1.165, 1.54) is 22.8 Å². The van der Waals surface area contributed by atoms with Crippen molar-refractivity contribution in [3.63, 3.8) is 0 Å². The first kappa shape index (κ1) is 20.3. The van der Waals surface area contributed by atoms with Crippen LogP contribution < -0.4 is 11.3 Å². The molecule has 0 saturated heterocycles. The molecule has 2 aromatic rings. The fourth-order valence-electron chi connectivity index (χ4n) is 2.10. The van der Waals surface area contributed by atoms with E-state index in [1.54, 1.807) is 13.8 Å². The lowest BCUT2D eigenvalue weighted by atomic mass is 10.4. The molecule has 0 saturated carbocycles. The van der Waals surface area contributed by atoms with Gasteiger partial charge in [-0.25, -0.2) is 4.98 Å². The predicted octanol–water partition coefficient (Wildman–Crippen LogP) is 0.817. The van der Waals surface area contributed by atoms with Gasteiger partial charge < -0.3 is 24.6 Å². The lowest BCUT2D eigenvalue weighted by molar-refractivity contribution is 0.00465. The van der Waals surface area contributed by atoms with Crippen molar-refractivity contribution in [3.05, 3.63) is 28.6 Å². The number of nitrogens with one attached hydrogen (secondary N) is 1. The Morgan fingerprint density at radius 2 is 2.12 bits per heavy atom. The standard InChI is InChI=1S/C14H22N5O6P/c1-3-24-26(22,25-4-2)6-5-10(7-20)23-9-19-8-16-11-12(19)17-14(15)18-13(11)21/h5-6,8,10,20H,3-4,7,9H2,1-2H3,(H3,15,17,18,21)/b6-5+/t10-/m1/s1. The molecule has 0 fully saturated rings. The van der Waals surface area contributed by atoms with Crippen LogP contribution in [-0.4, -0.2) is 50.6 Å². The summed E-state index contributed by atoms with van der Waals surface area (Å²) in [4.78, 5) is 22.1. The fraction of sp³-hybridized carbons (Fsp3) is 0.500. The Balaban J connectivity index is 2.10. The normalized spacial score (nSPS) is 13.7. The Kier molecular flexibility index (Phi) is 7.06. The molecule has 4 N–H and O–H groups in total. The van der Waals surface area contributed by atoms with Crippen LogP contribution in [0.2, 0.25) is 0 Å². The van der Waals surface area contributed by atoms with Gasteiger partial charge in [0.15, 0.2) is 11.2 Å². The van der Waals surface area contributed by atoms with E-state index in [0.717, 1.165) is 0 Å². The number of aromatic nitrogens is 4. The molecule has 12 heteroatoms. The largest absolute Gasteiger partial charge is 0.393 e. The van der Waals surface area contributed by atoms with Crippen LogP contribution in [0.1, 0.15) is 13.8 Å². The van der Waals surface area contributed by atoms with Crippen LogP contribution >= 0.6 is 7.60 Å². The van der Waals surface area contributed by atoms with Crippen LogP contribution in [0.5, 0.6) is 0 Å². The van der Waals surface area contributed by atoms with Gasteiger partial charge in [-0.1, -0.05) is 0 Å². The number of imidazole rings is 1.